The molecule has 0 radical (unpaired) electrons. The van der Waals surface area contributed by atoms with Crippen molar-refractivity contribution in [1.29, 1.82) is 0 Å². The average molecular weight is 402 g/mol. The second-order valence-electron chi connectivity index (χ2n) is 9.01. The number of ketones is 1. The fraction of sp³-hybridized carbons (Fsp3) is 0.320. The predicted octanol–water partition coefficient (Wildman–Crippen LogP) is 4.22. The smallest absolute Gasteiger partial charge is 0.248 e. The Morgan fingerprint density at radius 1 is 1.20 bits per heavy atom. The van der Waals surface area contributed by atoms with Crippen LogP contribution in [0.3, 0.4) is 0 Å². The minimum Gasteiger partial charge on any atom is -0.366 e. The molecule has 5 heteroatoms. The molecule has 0 unspecified atom stereocenters. The van der Waals surface area contributed by atoms with Crippen LogP contribution in [0.2, 0.25) is 0 Å². The van der Waals surface area contributed by atoms with Crippen LogP contribution < -0.4 is 5.73 Å². The molecule has 0 aliphatic heterocycles. The van der Waals surface area contributed by atoms with E-state index in [1.807, 2.05) is 43.6 Å². The second-order valence-corrected chi connectivity index (χ2v) is 9.01. The van der Waals surface area contributed by atoms with E-state index in [0.29, 0.717) is 18.4 Å². The van der Waals surface area contributed by atoms with Crippen LogP contribution in [0.1, 0.15) is 63.4 Å². The SMILES string of the molecule is Cc1cn(-c2ccc(C(N)=O)c(CCc3cccnc3)c2)c2c1C(=O)CC(C)(C)C2. The number of nitrogens with two attached hydrogens (primary N) is 1. The highest BCUT2D eigenvalue weighted by Gasteiger charge is 2.34. The highest BCUT2D eigenvalue weighted by Crippen LogP contribution is 2.38. The van der Waals surface area contributed by atoms with Crippen molar-refractivity contribution < 1.29 is 9.59 Å². The van der Waals surface area contributed by atoms with Gasteiger partial charge in [0.1, 0.15) is 0 Å². The zero-order valence-corrected chi connectivity index (χ0v) is 17.7. The Hall–Kier alpha value is -3.21. The van der Waals surface area contributed by atoms with E-state index in [2.05, 4.69) is 23.4 Å². The van der Waals surface area contributed by atoms with Crippen molar-refractivity contribution in [3.8, 4) is 5.69 Å². The lowest BCUT2D eigenvalue weighted by Gasteiger charge is -2.30. The molecule has 30 heavy (non-hydrogen) atoms. The first-order valence-corrected chi connectivity index (χ1v) is 10.3. The average Bonchev–Trinajstić information content (AvgIpc) is 3.02. The van der Waals surface area contributed by atoms with Crippen LogP contribution in [0, 0.1) is 12.3 Å². The molecule has 1 aliphatic rings. The number of Topliss-reactive ketones (excluding diaryl/α,β-unsaturated/α-hetero) is 1. The number of rotatable bonds is 5. The molecule has 0 fully saturated rings. The number of hydrogen-bond donors (Lipinski definition) is 1. The van der Waals surface area contributed by atoms with Crippen molar-refractivity contribution in [1.82, 2.24) is 9.55 Å². The number of aromatic nitrogens is 2. The van der Waals surface area contributed by atoms with Gasteiger partial charge in [0.15, 0.2) is 5.78 Å². The maximum atomic E-state index is 12.8. The lowest BCUT2D eigenvalue weighted by molar-refractivity contribution is 0.0909. The van der Waals surface area contributed by atoms with Crippen LogP contribution in [0.4, 0.5) is 0 Å². The third-order valence-corrected chi connectivity index (χ3v) is 5.90. The molecule has 0 spiro atoms. The molecule has 5 nitrogen and oxygen atoms in total. The van der Waals surface area contributed by atoms with E-state index >= 15 is 0 Å². The maximum Gasteiger partial charge on any atom is 0.248 e. The Balaban J connectivity index is 1.75. The zero-order chi connectivity index (χ0) is 21.5. The first-order valence-electron chi connectivity index (χ1n) is 10.3. The minimum atomic E-state index is -0.426. The van der Waals surface area contributed by atoms with E-state index in [9.17, 15) is 9.59 Å². The number of benzene rings is 1. The van der Waals surface area contributed by atoms with E-state index in [1.165, 1.54) is 0 Å². The normalized spacial score (nSPS) is 15.1. The molecular formula is C25H27N3O2. The number of carbonyl (C=O) groups is 2. The molecule has 4 rings (SSSR count). The predicted molar refractivity (Wildman–Crippen MR) is 117 cm³/mol. The van der Waals surface area contributed by atoms with Gasteiger partial charge in [0.25, 0.3) is 0 Å². The number of fused-ring (bicyclic) bond motifs is 1. The van der Waals surface area contributed by atoms with Gasteiger partial charge in [-0.05, 0) is 72.6 Å². The molecule has 1 amide bonds. The molecule has 2 aromatic heterocycles. The Labute approximate surface area is 176 Å². The molecule has 1 aromatic carbocycles. The quantitative estimate of drug-likeness (QED) is 0.695. The summed E-state index contributed by atoms with van der Waals surface area (Å²) in [5.74, 6) is -0.215. The van der Waals surface area contributed by atoms with E-state index < -0.39 is 5.91 Å². The first kappa shape index (κ1) is 20.1. The number of nitrogens with zero attached hydrogens (tertiary/aromatic N) is 2. The minimum absolute atomic E-state index is 0.0665. The fourth-order valence-electron chi connectivity index (χ4n) is 4.51. The van der Waals surface area contributed by atoms with Crippen LogP contribution in [-0.4, -0.2) is 21.2 Å². The van der Waals surface area contributed by atoms with Gasteiger partial charge in [-0.25, -0.2) is 0 Å². The summed E-state index contributed by atoms with van der Waals surface area (Å²) < 4.78 is 2.11. The number of hydrogen-bond acceptors (Lipinski definition) is 3. The van der Waals surface area contributed by atoms with Gasteiger partial charge in [-0.15, -0.1) is 0 Å². The van der Waals surface area contributed by atoms with Crippen LogP contribution in [-0.2, 0) is 19.3 Å². The molecule has 0 bridgehead atoms. The standard InChI is InChI=1S/C25H27N3O2/c1-16-15-28(21-12-25(2,3)13-22(29)23(16)21)19-8-9-20(24(26)30)18(11-19)7-6-17-5-4-10-27-14-17/h4-5,8-11,14-15H,6-7,12-13H2,1-3H3,(H2,26,30). The number of aryl methyl sites for hydroxylation is 3. The van der Waals surface area contributed by atoms with Gasteiger partial charge in [-0.2, -0.15) is 0 Å². The van der Waals surface area contributed by atoms with Crippen molar-refractivity contribution in [3.63, 3.8) is 0 Å². The third kappa shape index (κ3) is 3.80. The monoisotopic (exact) mass is 401 g/mol. The van der Waals surface area contributed by atoms with Crippen molar-refractivity contribution >= 4 is 11.7 Å². The number of amides is 1. The third-order valence-electron chi connectivity index (χ3n) is 5.90. The molecule has 2 heterocycles. The fourth-order valence-corrected chi connectivity index (χ4v) is 4.51. The van der Waals surface area contributed by atoms with Gasteiger partial charge in [0, 0.05) is 47.5 Å². The Morgan fingerprint density at radius 3 is 2.70 bits per heavy atom. The molecule has 0 saturated carbocycles. The van der Waals surface area contributed by atoms with Crippen LogP contribution in [0.25, 0.3) is 5.69 Å². The Bertz CT molecular complexity index is 1130. The summed E-state index contributed by atoms with van der Waals surface area (Å²) >= 11 is 0. The molecule has 154 valence electrons. The zero-order valence-electron chi connectivity index (χ0n) is 17.7. The number of carbonyl (C=O) groups excluding carboxylic acids is 2. The summed E-state index contributed by atoms with van der Waals surface area (Å²) in [6, 6.07) is 9.68. The number of primary amides is 1. The topological polar surface area (TPSA) is 78.0 Å². The Kier molecular flexibility index (Phi) is 5.06. The van der Waals surface area contributed by atoms with Gasteiger partial charge in [0.2, 0.25) is 5.91 Å². The van der Waals surface area contributed by atoms with Crippen molar-refractivity contribution in [2.45, 2.75) is 46.5 Å². The molecule has 1 aliphatic carbocycles. The van der Waals surface area contributed by atoms with Crippen LogP contribution in [0.15, 0.2) is 48.9 Å². The molecule has 0 atom stereocenters. The summed E-state index contributed by atoms with van der Waals surface area (Å²) in [6.07, 6.45) is 8.49. The van der Waals surface area contributed by atoms with Crippen molar-refractivity contribution in [2.24, 2.45) is 11.1 Å². The van der Waals surface area contributed by atoms with Gasteiger partial charge >= 0.3 is 0 Å². The molecule has 2 N–H and O–H groups in total. The lowest BCUT2D eigenvalue weighted by atomic mass is 9.75. The summed E-state index contributed by atoms with van der Waals surface area (Å²) in [5, 5.41) is 0. The molecular weight excluding hydrogens is 374 g/mol. The number of pyridine rings is 1. The van der Waals surface area contributed by atoms with Gasteiger partial charge in [-0.3, -0.25) is 14.6 Å². The van der Waals surface area contributed by atoms with Crippen LogP contribution >= 0.6 is 0 Å². The molecule has 0 saturated heterocycles. The van der Waals surface area contributed by atoms with E-state index in [1.54, 1.807) is 12.3 Å². The highest BCUT2D eigenvalue weighted by molar-refractivity contribution is 6.00. The van der Waals surface area contributed by atoms with Gasteiger partial charge in [0.05, 0.1) is 0 Å². The summed E-state index contributed by atoms with van der Waals surface area (Å²) in [5.41, 5.74) is 12.0. The summed E-state index contributed by atoms with van der Waals surface area (Å²) in [6.45, 7) is 6.26. The lowest BCUT2D eigenvalue weighted by Crippen LogP contribution is -2.28. The van der Waals surface area contributed by atoms with Crippen LogP contribution in [0.5, 0.6) is 0 Å². The largest absolute Gasteiger partial charge is 0.366 e. The van der Waals surface area contributed by atoms with Crippen molar-refractivity contribution in [2.75, 3.05) is 0 Å². The van der Waals surface area contributed by atoms with E-state index in [-0.39, 0.29) is 11.2 Å². The van der Waals surface area contributed by atoms with Crippen molar-refractivity contribution in [3.05, 3.63) is 82.4 Å². The maximum absolute atomic E-state index is 12.8. The summed E-state index contributed by atoms with van der Waals surface area (Å²) in [4.78, 5) is 28.9. The highest BCUT2D eigenvalue weighted by atomic mass is 16.1. The Morgan fingerprint density at radius 2 is 2.00 bits per heavy atom. The first-order chi connectivity index (χ1) is 14.2. The van der Waals surface area contributed by atoms with E-state index in [0.717, 1.165) is 46.5 Å². The van der Waals surface area contributed by atoms with Gasteiger partial charge in [-0.1, -0.05) is 19.9 Å². The van der Waals surface area contributed by atoms with Gasteiger partial charge < -0.3 is 10.3 Å². The second kappa shape index (κ2) is 7.56. The van der Waals surface area contributed by atoms with E-state index in [4.69, 9.17) is 5.73 Å². The summed E-state index contributed by atoms with van der Waals surface area (Å²) in [7, 11) is 0. The molecule has 3 aromatic rings.